The lowest BCUT2D eigenvalue weighted by Gasteiger charge is -2.11. The number of H-pyrrole nitrogens is 1. The van der Waals surface area contributed by atoms with Crippen molar-refractivity contribution in [2.24, 2.45) is 0 Å². The third-order valence-corrected chi connectivity index (χ3v) is 4.41. The molecule has 0 bridgehead atoms. The van der Waals surface area contributed by atoms with Gasteiger partial charge in [-0.05, 0) is 43.2 Å². The molecule has 1 heterocycles. The van der Waals surface area contributed by atoms with Crippen LogP contribution in [0.5, 0.6) is 0 Å². The molecule has 0 atom stereocenters. The van der Waals surface area contributed by atoms with Gasteiger partial charge in [-0.2, -0.15) is 5.10 Å². The largest absolute Gasteiger partial charge is 0.281 e. The fourth-order valence-electron chi connectivity index (χ4n) is 1.95. The molecule has 1 aromatic heterocycles. The van der Waals surface area contributed by atoms with Crippen LogP contribution >= 0.6 is 0 Å². The summed E-state index contributed by atoms with van der Waals surface area (Å²) in [5.74, 6) is -0.442. The molecular weight excluding hydrogens is 269 g/mol. The van der Waals surface area contributed by atoms with Gasteiger partial charge in [0.05, 0.1) is 17.1 Å². The Kier molecular flexibility index (Phi) is 3.68. The van der Waals surface area contributed by atoms with E-state index in [4.69, 9.17) is 0 Å². The lowest BCUT2D eigenvalue weighted by atomic mass is 10.1. The number of nitrogens with one attached hydrogen (secondary N) is 2. The third-order valence-electron chi connectivity index (χ3n) is 2.70. The molecule has 5 nitrogen and oxygen atoms in total. The van der Waals surface area contributed by atoms with Gasteiger partial charge in [0.1, 0.15) is 5.82 Å². The summed E-state index contributed by atoms with van der Waals surface area (Å²) in [6.07, 6.45) is 1.54. The predicted molar refractivity (Wildman–Crippen MR) is 68.5 cm³/mol. The SMILES string of the molecule is Cc1cc(F)cc(C)c1S(=O)(=O)NCc1ccn[nH]1. The molecule has 0 saturated heterocycles. The number of hydrogen-bond acceptors (Lipinski definition) is 3. The Morgan fingerprint density at radius 2 is 1.95 bits per heavy atom. The first kappa shape index (κ1) is 13.7. The van der Waals surface area contributed by atoms with Gasteiger partial charge >= 0.3 is 0 Å². The van der Waals surface area contributed by atoms with Crippen molar-refractivity contribution in [2.75, 3.05) is 0 Å². The van der Waals surface area contributed by atoms with Crippen LogP contribution in [-0.4, -0.2) is 18.6 Å². The summed E-state index contributed by atoms with van der Waals surface area (Å²) in [4.78, 5) is 0.119. The molecule has 0 saturated carbocycles. The fourth-order valence-corrected chi connectivity index (χ4v) is 3.40. The highest BCUT2D eigenvalue weighted by Gasteiger charge is 2.20. The maximum absolute atomic E-state index is 13.2. The van der Waals surface area contributed by atoms with Gasteiger partial charge < -0.3 is 0 Å². The molecule has 0 unspecified atom stereocenters. The minimum Gasteiger partial charge on any atom is -0.281 e. The van der Waals surface area contributed by atoms with E-state index in [1.807, 2.05) is 0 Å². The Labute approximate surface area is 110 Å². The van der Waals surface area contributed by atoms with Gasteiger partial charge in [-0.3, -0.25) is 5.10 Å². The number of hydrogen-bond donors (Lipinski definition) is 2. The zero-order chi connectivity index (χ0) is 14.0. The van der Waals surface area contributed by atoms with Crippen molar-refractivity contribution in [3.8, 4) is 0 Å². The van der Waals surface area contributed by atoms with Crippen LogP contribution in [0.25, 0.3) is 0 Å². The molecule has 102 valence electrons. The normalized spacial score (nSPS) is 11.7. The van der Waals surface area contributed by atoms with E-state index in [2.05, 4.69) is 14.9 Å². The molecule has 19 heavy (non-hydrogen) atoms. The Bertz CT molecular complexity index is 658. The first-order chi connectivity index (χ1) is 8.90. The number of halogens is 1. The number of aryl methyl sites for hydroxylation is 2. The Balaban J connectivity index is 2.29. The molecule has 0 amide bonds. The molecule has 0 spiro atoms. The van der Waals surface area contributed by atoms with Crippen LogP contribution in [0.4, 0.5) is 4.39 Å². The number of benzene rings is 1. The van der Waals surface area contributed by atoms with Crippen molar-refractivity contribution < 1.29 is 12.8 Å². The van der Waals surface area contributed by atoms with Gasteiger partial charge in [0.25, 0.3) is 0 Å². The van der Waals surface area contributed by atoms with Crippen LogP contribution in [-0.2, 0) is 16.6 Å². The average Bonchev–Trinajstić information content (AvgIpc) is 2.77. The van der Waals surface area contributed by atoms with E-state index >= 15 is 0 Å². The zero-order valence-corrected chi connectivity index (χ0v) is 11.4. The third kappa shape index (κ3) is 2.99. The maximum Gasteiger partial charge on any atom is 0.241 e. The lowest BCUT2D eigenvalue weighted by Crippen LogP contribution is -2.25. The summed E-state index contributed by atoms with van der Waals surface area (Å²) in [7, 11) is -3.68. The highest BCUT2D eigenvalue weighted by molar-refractivity contribution is 7.89. The molecular formula is C12H14FN3O2S. The first-order valence-electron chi connectivity index (χ1n) is 5.65. The van der Waals surface area contributed by atoms with Gasteiger partial charge in [0.15, 0.2) is 0 Å². The van der Waals surface area contributed by atoms with Crippen molar-refractivity contribution in [1.82, 2.24) is 14.9 Å². The Morgan fingerprint density at radius 3 is 2.47 bits per heavy atom. The number of nitrogens with zero attached hydrogens (tertiary/aromatic N) is 1. The van der Waals surface area contributed by atoms with Crippen molar-refractivity contribution in [1.29, 1.82) is 0 Å². The zero-order valence-electron chi connectivity index (χ0n) is 10.6. The summed E-state index contributed by atoms with van der Waals surface area (Å²) in [6, 6.07) is 4.09. The monoisotopic (exact) mass is 283 g/mol. The molecule has 0 aliphatic carbocycles. The van der Waals surface area contributed by atoms with Gasteiger partial charge in [0.2, 0.25) is 10.0 Å². The summed E-state index contributed by atoms with van der Waals surface area (Å²) < 4.78 is 40.1. The summed E-state index contributed by atoms with van der Waals surface area (Å²) >= 11 is 0. The van der Waals surface area contributed by atoms with E-state index < -0.39 is 15.8 Å². The van der Waals surface area contributed by atoms with Crippen LogP contribution in [0.2, 0.25) is 0 Å². The van der Waals surface area contributed by atoms with E-state index in [1.165, 1.54) is 18.3 Å². The Hall–Kier alpha value is -1.73. The van der Waals surface area contributed by atoms with Crippen LogP contribution in [0.1, 0.15) is 16.8 Å². The highest BCUT2D eigenvalue weighted by atomic mass is 32.2. The molecule has 0 aliphatic rings. The van der Waals surface area contributed by atoms with E-state index in [0.29, 0.717) is 16.8 Å². The lowest BCUT2D eigenvalue weighted by molar-refractivity contribution is 0.577. The average molecular weight is 283 g/mol. The van der Waals surface area contributed by atoms with Gasteiger partial charge in [-0.15, -0.1) is 0 Å². The van der Waals surface area contributed by atoms with Crippen molar-refractivity contribution >= 4 is 10.0 Å². The first-order valence-corrected chi connectivity index (χ1v) is 7.13. The standard InChI is InChI=1S/C12H14FN3O2S/c1-8-5-10(13)6-9(2)12(8)19(17,18)15-7-11-3-4-14-16-11/h3-6,15H,7H2,1-2H3,(H,14,16). The minimum atomic E-state index is -3.68. The van der Waals surface area contributed by atoms with Crippen LogP contribution in [0, 0.1) is 19.7 Å². The molecule has 0 radical (unpaired) electrons. The van der Waals surface area contributed by atoms with E-state index in [1.54, 1.807) is 19.9 Å². The van der Waals surface area contributed by atoms with Crippen molar-refractivity contribution in [3.63, 3.8) is 0 Å². The molecule has 7 heteroatoms. The smallest absolute Gasteiger partial charge is 0.241 e. The highest BCUT2D eigenvalue weighted by Crippen LogP contribution is 2.21. The van der Waals surface area contributed by atoms with E-state index in [-0.39, 0.29) is 11.4 Å². The molecule has 2 N–H and O–H groups in total. The molecule has 0 aliphatic heterocycles. The number of rotatable bonds is 4. The van der Waals surface area contributed by atoms with Gasteiger partial charge in [0, 0.05) is 6.20 Å². The minimum absolute atomic E-state index is 0.110. The summed E-state index contributed by atoms with van der Waals surface area (Å²) in [6.45, 7) is 3.25. The maximum atomic E-state index is 13.2. The Morgan fingerprint density at radius 1 is 1.32 bits per heavy atom. The number of sulfonamides is 1. The fraction of sp³-hybridized carbons (Fsp3) is 0.250. The second-order valence-electron chi connectivity index (χ2n) is 4.28. The molecule has 0 fully saturated rings. The molecule has 1 aromatic carbocycles. The van der Waals surface area contributed by atoms with Crippen molar-refractivity contribution in [2.45, 2.75) is 25.3 Å². The number of aromatic nitrogens is 2. The topological polar surface area (TPSA) is 74.8 Å². The summed E-state index contributed by atoms with van der Waals surface area (Å²) in [5.41, 5.74) is 1.42. The van der Waals surface area contributed by atoms with Crippen LogP contribution < -0.4 is 4.72 Å². The second-order valence-corrected chi connectivity index (χ2v) is 5.98. The second kappa shape index (κ2) is 5.10. The van der Waals surface area contributed by atoms with Crippen molar-refractivity contribution in [3.05, 3.63) is 47.0 Å². The molecule has 2 rings (SSSR count). The molecule has 2 aromatic rings. The van der Waals surface area contributed by atoms with E-state index in [0.717, 1.165) is 0 Å². The summed E-state index contributed by atoms with van der Waals surface area (Å²) in [5, 5.41) is 6.40. The van der Waals surface area contributed by atoms with Gasteiger partial charge in [-0.1, -0.05) is 0 Å². The number of aromatic amines is 1. The quantitative estimate of drug-likeness (QED) is 0.895. The van der Waals surface area contributed by atoms with Gasteiger partial charge in [-0.25, -0.2) is 17.5 Å². The van der Waals surface area contributed by atoms with Crippen LogP contribution in [0.3, 0.4) is 0 Å². The predicted octanol–water partition coefficient (Wildman–Crippen LogP) is 1.64. The van der Waals surface area contributed by atoms with Crippen LogP contribution in [0.15, 0.2) is 29.3 Å². The van der Waals surface area contributed by atoms with E-state index in [9.17, 15) is 12.8 Å².